The average molecular weight is 230 g/mol. The Morgan fingerprint density at radius 2 is 1.88 bits per heavy atom. The Labute approximate surface area is 102 Å². The number of benzene rings is 1. The maximum atomic E-state index is 5.68. The summed E-state index contributed by atoms with van der Waals surface area (Å²) in [6.07, 6.45) is 1.69. The van der Waals surface area contributed by atoms with Crippen LogP contribution in [0.2, 0.25) is 0 Å². The minimum atomic E-state index is -0.0191. The summed E-state index contributed by atoms with van der Waals surface area (Å²) in [7, 11) is 0. The van der Waals surface area contributed by atoms with Gasteiger partial charge in [-0.3, -0.25) is 5.84 Å². The Balaban J connectivity index is 2.46. The number of hydrogen-bond acceptors (Lipinski definition) is 3. The highest BCUT2D eigenvalue weighted by atomic mass is 16.3. The van der Waals surface area contributed by atoms with Crippen LogP contribution in [0.3, 0.4) is 0 Å². The zero-order chi connectivity index (χ0) is 12.4. The monoisotopic (exact) mass is 230 g/mol. The fourth-order valence-corrected chi connectivity index (χ4v) is 2.19. The highest BCUT2D eigenvalue weighted by Gasteiger charge is 2.18. The van der Waals surface area contributed by atoms with E-state index in [2.05, 4.69) is 37.5 Å². The molecule has 1 aromatic carbocycles. The van der Waals surface area contributed by atoms with Crippen molar-refractivity contribution in [3.05, 3.63) is 58.5 Å². The van der Waals surface area contributed by atoms with E-state index in [1.54, 1.807) is 6.26 Å². The van der Waals surface area contributed by atoms with E-state index in [0.29, 0.717) is 0 Å². The van der Waals surface area contributed by atoms with Crippen LogP contribution in [-0.2, 0) is 0 Å². The molecule has 3 N–H and O–H groups in total. The van der Waals surface area contributed by atoms with Crippen molar-refractivity contribution in [2.24, 2.45) is 5.84 Å². The molecule has 0 fully saturated rings. The van der Waals surface area contributed by atoms with Gasteiger partial charge in [0, 0.05) is 5.56 Å². The van der Waals surface area contributed by atoms with E-state index in [1.165, 1.54) is 16.7 Å². The molecule has 0 spiro atoms. The van der Waals surface area contributed by atoms with Gasteiger partial charge < -0.3 is 4.42 Å². The van der Waals surface area contributed by atoms with Gasteiger partial charge in [0.15, 0.2) is 0 Å². The van der Waals surface area contributed by atoms with Gasteiger partial charge in [0.1, 0.15) is 5.76 Å². The van der Waals surface area contributed by atoms with Crippen molar-refractivity contribution in [3.8, 4) is 0 Å². The van der Waals surface area contributed by atoms with Crippen LogP contribution in [0.4, 0.5) is 0 Å². The third kappa shape index (κ3) is 2.25. The van der Waals surface area contributed by atoms with Crippen LogP contribution < -0.4 is 11.3 Å². The molecule has 0 saturated heterocycles. The van der Waals surface area contributed by atoms with E-state index in [1.807, 2.05) is 13.0 Å². The fourth-order valence-electron chi connectivity index (χ4n) is 2.19. The fraction of sp³-hybridized carbons (Fsp3) is 0.286. The molecule has 1 atom stereocenters. The summed E-state index contributed by atoms with van der Waals surface area (Å²) in [6.45, 7) is 6.13. The molecule has 3 nitrogen and oxygen atoms in total. The van der Waals surface area contributed by atoms with Crippen LogP contribution in [0.15, 0.2) is 34.9 Å². The van der Waals surface area contributed by atoms with Crippen molar-refractivity contribution in [2.45, 2.75) is 26.8 Å². The summed E-state index contributed by atoms with van der Waals surface area (Å²) in [5.74, 6) is 6.58. The van der Waals surface area contributed by atoms with Crippen LogP contribution in [-0.4, -0.2) is 0 Å². The summed E-state index contributed by atoms with van der Waals surface area (Å²) >= 11 is 0. The van der Waals surface area contributed by atoms with Gasteiger partial charge in [0.25, 0.3) is 0 Å². The lowest BCUT2D eigenvalue weighted by Crippen LogP contribution is -2.29. The Kier molecular flexibility index (Phi) is 3.31. The number of aryl methyl sites for hydroxylation is 3. The molecule has 2 aromatic rings. The lowest BCUT2D eigenvalue weighted by molar-refractivity contribution is 0.519. The first-order valence-corrected chi connectivity index (χ1v) is 5.70. The van der Waals surface area contributed by atoms with Crippen molar-refractivity contribution in [1.82, 2.24) is 5.43 Å². The molecule has 1 heterocycles. The van der Waals surface area contributed by atoms with Gasteiger partial charge >= 0.3 is 0 Å². The van der Waals surface area contributed by atoms with Gasteiger partial charge in [-0.05, 0) is 38.0 Å². The molecule has 1 unspecified atom stereocenters. The minimum absolute atomic E-state index is 0.0191. The van der Waals surface area contributed by atoms with Gasteiger partial charge in [-0.15, -0.1) is 0 Å². The molecular weight excluding hydrogens is 212 g/mol. The normalized spacial score (nSPS) is 12.7. The standard InChI is InChI=1S/C14H18N2O/c1-9-4-5-12(10(2)8-9)14(16-15)13-6-7-17-11(13)3/h4-8,14,16H,15H2,1-3H3. The molecule has 0 bridgehead atoms. The van der Waals surface area contributed by atoms with E-state index >= 15 is 0 Å². The smallest absolute Gasteiger partial charge is 0.105 e. The van der Waals surface area contributed by atoms with Gasteiger partial charge in [0.05, 0.1) is 12.3 Å². The Morgan fingerprint density at radius 1 is 1.12 bits per heavy atom. The molecule has 0 aliphatic heterocycles. The molecule has 3 heteroatoms. The lowest BCUT2D eigenvalue weighted by Gasteiger charge is -2.18. The van der Waals surface area contributed by atoms with Crippen molar-refractivity contribution in [2.75, 3.05) is 0 Å². The second-order valence-electron chi connectivity index (χ2n) is 4.39. The molecule has 1 aromatic heterocycles. The number of hydrazine groups is 1. The predicted octanol–water partition coefficient (Wildman–Crippen LogP) is 2.76. The largest absolute Gasteiger partial charge is 0.469 e. The Bertz CT molecular complexity index is 517. The van der Waals surface area contributed by atoms with E-state index in [4.69, 9.17) is 10.3 Å². The average Bonchev–Trinajstić information content (AvgIpc) is 2.69. The second-order valence-corrected chi connectivity index (χ2v) is 4.39. The number of rotatable bonds is 3. The second kappa shape index (κ2) is 4.73. The molecular formula is C14H18N2O. The summed E-state index contributed by atoms with van der Waals surface area (Å²) in [5.41, 5.74) is 7.61. The SMILES string of the molecule is Cc1ccc(C(NN)c2ccoc2C)c(C)c1. The predicted molar refractivity (Wildman–Crippen MR) is 68.5 cm³/mol. The lowest BCUT2D eigenvalue weighted by atomic mass is 9.94. The molecule has 0 aliphatic carbocycles. The van der Waals surface area contributed by atoms with E-state index in [0.717, 1.165) is 11.3 Å². The first kappa shape index (κ1) is 11.9. The molecule has 0 radical (unpaired) electrons. The first-order valence-electron chi connectivity index (χ1n) is 5.70. The van der Waals surface area contributed by atoms with Crippen LogP contribution in [0, 0.1) is 20.8 Å². The molecule has 90 valence electrons. The highest BCUT2D eigenvalue weighted by molar-refractivity contribution is 5.39. The number of furan rings is 1. The van der Waals surface area contributed by atoms with Crippen LogP contribution in [0.5, 0.6) is 0 Å². The third-order valence-electron chi connectivity index (χ3n) is 3.11. The van der Waals surface area contributed by atoms with Crippen molar-refractivity contribution >= 4 is 0 Å². The number of hydrogen-bond donors (Lipinski definition) is 2. The summed E-state index contributed by atoms with van der Waals surface area (Å²) in [4.78, 5) is 0. The maximum absolute atomic E-state index is 5.68. The van der Waals surface area contributed by atoms with E-state index in [-0.39, 0.29) is 6.04 Å². The minimum Gasteiger partial charge on any atom is -0.469 e. The molecule has 2 rings (SSSR count). The van der Waals surface area contributed by atoms with Crippen molar-refractivity contribution in [1.29, 1.82) is 0 Å². The van der Waals surface area contributed by atoms with Crippen molar-refractivity contribution in [3.63, 3.8) is 0 Å². The first-order chi connectivity index (χ1) is 8.13. The summed E-state index contributed by atoms with van der Waals surface area (Å²) in [5, 5.41) is 0. The zero-order valence-corrected chi connectivity index (χ0v) is 10.4. The molecule has 0 aliphatic rings. The zero-order valence-electron chi connectivity index (χ0n) is 10.4. The maximum Gasteiger partial charge on any atom is 0.105 e. The topological polar surface area (TPSA) is 51.2 Å². The summed E-state index contributed by atoms with van der Waals surface area (Å²) in [6, 6.07) is 8.31. The van der Waals surface area contributed by atoms with Gasteiger partial charge in [-0.25, -0.2) is 5.43 Å². The van der Waals surface area contributed by atoms with Crippen LogP contribution in [0.25, 0.3) is 0 Å². The Hall–Kier alpha value is -1.58. The third-order valence-corrected chi connectivity index (χ3v) is 3.11. The van der Waals surface area contributed by atoms with Crippen molar-refractivity contribution < 1.29 is 4.42 Å². The van der Waals surface area contributed by atoms with E-state index in [9.17, 15) is 0 Å². The Morgan fingerprint density at radius 3 is 2.41 bits per heavy atom. The van der Waals surface area contributed by atoms with Gasteiger partial charge in [0.2, 0.25) is 0 Å². The van der Waals surface area contributed by atoms with Gasteiger partial charge in [-0.2, -0.15) is 0 Å². The molecule has 17 heavy (non-hydrogen) atoms. The quantitative estimate of drug-likeness (QED) is 0.629. The van der Waals surface area contributed by atoms with Gasteiger partial charge in [-0.1, -0.05) is 23.8 Å². The summed E-state index contributed by atoms with van der Waals surface area (Å²) < 4.78 is 5.34. The molecule has 0 amide bonds. The highest BCUT2D eigenvalue weighted by Crippen LogP contribution is 2.27. The van der Waals surface area contributed by atoms with Crippen LogP contribution >= 0.6 is 0 Å². The molecule has 0 saturated carbocycles. The van der Waals surface area contributed by atoms with E-state index < -0.39 is 0 Å². The number of nitrogens with one attached hydrogen (secondary N) is 1. The van der Waals surface area contributed by atoms with Crippen LogP contribution in [0.1, 0.15) is 34.1 Å². The number of nitrogens with two attached hydrogens (primary N) is 1.